The van der Waals surface area contributed by atoms with E-state index in [1.165, 1.54) is 0 Å². The topological polar surface area (TPSA) is 49.8 Å². The second-order valence-corrected chi connectivity index (χ2v) is 6.75. The molecule has 0 unspecified atom stereocenters. The molecule has 0 radical (unpaired) electrons. The molecule has 1 aliphatic carbocycles. The lowest BCUT2D eigenvalue weighted by molar-refractivity contribution is 0.382. The van der Waals surface area contributed by atoms with E-state index in [2.05, 4.69) is 17.1 Å². The van der Waals surface area contributed by atoms with Crippen LogP contribution >= 0.6 is 11.6 Å². The summed E-state index contributed by atoms with van der Waals surface area (Å²) in [5.41, 5.74) is 3.59. The predicted octanol–water partition coefficient (Wildman–Crippen LogP) is 5.95. The lowest BCUT2D eigenvalue weighted by atomic mass is 9.79. The van der Waals surface area contributed by atoms with Crippen molar-refractivity contribution in [2.24, 2.45) is 5.92 Å². The number of hydrogen-bond donors (Lipinski definition) is 0. The van der Waals surface area contributed by atoms with Crippen molar-refractivity contribution in [2.75, 3.05) is 0 Å². The van der Waals surface area contributed by atoms with Gasteiger partial charge >= 0.3 is 0 Å². The Balaban J connectivity index is 1.69. The van der Waals surface area contributed by atoms with Gasteiger partial charge in [0.1, 0.15) is 5.52 Å². The van der Waals surface area contributed by atoms with Gasteiger partial charge in [0.15, 0.2) is 5.58 Å². The smallest absolute Gasteiger partial charge is 0.228 e. The molecular weight excluding hydrogens is 320 g/mol. The van der Waals surface area contributed by atoms with E-state index < -0.39 is 0 Å². The van der Waals surface area contributed by atoms with E-state index in [0.717, 1.165) is 52.9 Å². The highest BCUT2D eigenvalue weighted by Gasteiger charge is 2.25. The van der Waals surface area contributed by atoms with Gasteiger partial charge in [0, 0.05) is 5.92 Å². The molecule has 1 heterocycles. The van der Waals surface area contributed by atoms with Crippen LogP contribution in [0.25, 0.3) is 22.6 Å². The number of rotatable bonds is 2. The number of nitrogens with zero attached hydrogens (tertiary/aromatic N) is 2. The Hall–Kier alpha value is -2.31. The molecule has 0 spiro atoms. The molecule has 3 nitrogen and oxygen atoms in total. The third-order valence-electron chi connectivity index (χ3n) is 4.90. The molecule has 120 valence electrons. The molecule has 0 atom stereocenters. The van der Waals surface area contributed by atoms with Gasteiger partial charge in [-0.15, -0.1) is 0 Å². The first-order chi connectivity index (χ1) is 11.8. The van der Waals surface area contributed by atoms with Crippen LogP contribution in [0.2, 0.25) is 5.02 Å². The lowest BCUT2D eigenvalue weighted by Gasteiger charge is -2.26. The zero-order chi connectivity index (χ0) is 16.5. The lowest BCUT2D eigenvalue weighted by Crippen LogP contribution is -2.12. The Morgan fingerprint density at radius 2 is 1.83 bits per heavy atom. The molecule has 4 rings (SSSR count). The Kier molecular flexibility index (Phi) is 4.00. The van der Waals surface area contributed by atoms with Crippen LogP contribution in [0.1, 0.15) is 37.2 Å². The van der Waals surface area contributed by atoms with Crippen LogP contribution in [0, 0.1) is 17.2 Å². The van der Waals surface area contributed by atoms with E-state index >= 15 is 0 Å². The van der Waals surface area contributed by atoms with E-state index in [1.807, 2.05) is 36.4 Å². The second kappa shape index (κ2) is 6.30. The molecule has 0 bridgehead atoms. The van der Waals surface area contributed by atoms with E-state index in [1.54, 1.807) is 0 Å². The summed E-state index contributed by atoms with van der Waals surface area (Å²) in [7, 11) is 0. The molecule has 0 amide bonds. The largest absolute Gasteiger partial charge is 0.436 e. The van der Waals surface area contributed by atoms with Gasteiger partial charge in [0.25, 0.3) is 0 Å². The van der Waals surface area contributed by atoms with E-state index in [4.69, 9.17) is 21.3 Å². The van der Waals surface area contributed by atoms with Crippen LogP contribution < -0.4 is 0 Å². The van der Waals surface area contributed by atoms with Crippen molar-refractivity contribution in [1.29, 1.82) is 5.26 Å². The molecule has 0 N–H and O–H groups in total. The van der Waals surface area contributed by atoms with Crippen molar-refractivity contribution < 1.29 is 4.42 Å². The summed E-state index contributed by atoms with van der Waals surface area (Å²) in [4.78, 5) is 4.56. The fourth-order valence-electron chi connectivity index (χ4n) is 3.55. The molecule has 0 aliphatic heterocycles. The van der Waals surface area contributed by atoms with Crippen LogP contribution in [0.4, 0.5) is 0 Å². The standard InChI is InChI=1S/C20H17ClN2O/c21-19-15(14-10-8-13(12-22)9-11-14)4-3-5-16(19)20-23-17-6-1-2-7-18(17)24-20/h1-7,13-14H,8-11H2. The molecule has 4 heteroatoms. The van der Waals surface area contributed by atoms with Gasteiger partial charge in [-0.25, -0.2) is 4.98 Å². The zero-order valence-corrected chi connectivity index (χ0v) is 14.0. The van der Waals surface area contributed by atoms with Crippen molar-refractivity contribution in [1.82, 2.24) is 4.98 Å². The Morgan fingerprint density at radius 3 is 2.58 bits per heavy atom. The van der Waals surface area contributed by atoms with Gasteiger partial charge in [-0.3, -0.25) is 0 Å². The van der Waals surface area contributed by atoms with Crippen LogP contribution in [0.3, 0.4) is 0 Å². The molecular formula is C20H17ClN2O. The SMILES string of the molecule is N#CC1CCC(c2cccc(-c3nc4ccccc4o3)c2Cl)CC1. The Bertz CT molecular complexity index is 884. The summed E-state index contributed by atoms with van der Waals surface area (Å²) < 4.78 is 5.87. The van der Waals surface area contributed by atoms with Crippen molar-refractivity contribution in [2.45, 2.75) is 31.6 Å². The Morgan fingerprint density at radius 1 is 1.04 bits per heavy atom. The summed E-state index contributed by atoms with van der Waals surface area (Å²) >= 11 is 6.71. The normalized spacial score (nSPS) is 20.8. The van der Waals surface area contributed by atoms with Gasteiger partial charge in [-0.1, -0.05) is 35.9 Å². The Labute approximate surface area is 145 Å². The summed E-state index contributed by atoms with van der Waals surface area (Å²) in [5.74, 6) is 1.17. The minimum absolute atomic E-state index is 0.195. The maximum absolute atomic E-state index is 9.07. The third-order valence-corrected chi connectivity index (χ3v) is 5.32. The molecule has 1 saturated carbocycles. The number of nitriles is 1. The fourth-order valence-corrected chi connectivity index (χ4v) is 3.91. The van der Waals surface area contributed by atoms with Crippen molar-refractivity contribution in [3.8, 4) is 17.5 Å². The number of aromatic nitrogens is 1. The first-order valence-electron chi connectivity index (χ1n) is 8.30. The van der Waals surface area contributed by atoms with Gasteiger partial charge in [0.05, 0.1) is 16.7 Å². The van der Waals surface area contributed by atoms with Gasteiger partial charge in [0.2, 0.25) is 5.89 Å². The van der Waals surface area contributed by atoms with E-state index in [9.17, 15) is 0 Å². The van der Waals surface area contributed by atoms with E-state index in [-0.39, 0.29) is 5.92 Å². The van der Waals surface area contributed by atoms with Crippen LogP contribution in [-0.2, 0) is 0 Å². The highest BCUT2D eigenvalue weighted by molar-refractivity contribution is 6.34. The molecule has 0 saturated heterocycles. The molecule has 1 aliphatic rings. The predicted molar refractivity (Wildman–Crippen MR) is 94.8 cm³/mol. The summed E-state index contributed by atoms with van der Waals surface area (Å²) in [5, 5.41) is 9.79. The average Bonchev–Trinajstić information content (AvgIpc) is 3.06. The number of oxazole rings is 1. The summed E-state index contributed by atoms with van der Waals surface area (Å²) in [6.07, 6.45) is 3.92. The number of halogens is 1. The van der Waals surface area contributed by atoms with Crippen molar-refractivity contribution in [3.05, 3.63) is 53.1 Å². The van der Waals surface area contributed by atoms with E-state index in [0.29, 0.717) is 11.8 Å². The zero-order valence-electron chi connectivity index (χ0n) is 13.2. The maximum Gasteiger partial charge on any atom is 0.228 e. The molecule has 2 aromatic carbocycles. The number of fused-ring (bicyclic) bond motifs is 1. The second-order valence-electron chi connectivity index (χ2n) is 6.37. The van der Waals surface area contributed by atoms with Crippen LogP contribution in [-0.4, -0.2) is 4.98 Å². The monoisotopic (exact) mass is 336 g/mol. The molecule has 24 heavy (non-hydrogen) atoms. The number of para-hydroxylation sites is 2. The average molecular weight is 337 g/mol. The first kappa shape index (κ1) is 15.2. The van der Waals surface area contributed by atoms with Gasteiger partial charge in [-0.2, -0.15) is 5.26 Å². The first-order valence-corrected chi connectivity index (χ1v) is 8.68. The maximum atomic E-state index is 9.07. The fraction of sp³-hybridized carbons (Fsp3) is 0.300. The van der Waals surface area contributed by atoms with Crippen molar-refractivity contribution in [3.63, 3.8) is 0 Å². The molecule has 1 aromatic heterocycles. The number of benzene rings is 2. The van der Waals surface area contributed by atoms with Gasteiger partial charge < -0.3 is 4.42 Å². The highest BCUT2D eigenvalue weighted by Crippen LogP contribution is 2.41. The molecule has 1 fully saturated rings. The third kappa shape index (κ3) is 2.68. The quantitative estimate of drug-likeness (QED) is 0.581. The minimum Gasteiger partial charge on any atom is -0.436 e. The highest BCUT2D eigenvalue weighted by atomic mass is 35.5. The van der Waals surface area contributed by atoms with Crippen LogP contribution in [0.5, 0.6) is 0 Å². The minimum atomic E-state index is 0.195. The summed E-state index contributed by atoms with van der Waals surface area (Å²) in [6, 6.07) is 16.2. The van der Waals surface area contributed by atoms with Crippen LogP contribution in [0.15, 0.2) is 46.9 Å². The van der Waals surface area contributed by atoms with Crippen molar-refractivity contribution >= 4 is 22.7 Å². The number of hydrogen-bond acceptors (Lipinski definition) is 3. The summed E-state index contributed by atoms with van der Waals surface area (Å²) in [6.45, 7) is 0. The molecule has 3 aromatic rings. The van der Waals surface area contributed by atoms with Gasteiger partial charge in [-0.05, 0) is 55.4 Å².